The third kappa shape index (κ3) is 8.37. The van der Waals surface area contributed by atoms with Gasteiger partial charge in [0.15, 0.2) is 0 Å². The molecule has 0 spiro atoms. The number of fused-ring (bicyclic) bond motifs is 5. The van der Waals surface area contributed by atoms with Crippen LogP contribution in [0, 0.1) is 23.2 Å². The molecule has 3 aliphatic carbocycles. The molecule has 330 valence electrons. The van der Waals surface area contributed by atoms with E-state index in [9.17, 15) is 22.8 Å². The first-order chi connectivity index (χ1) is 28.3. The number of benzene rings is 1. The number of alkyl carbamates (subject to hydrolysis) is 1. The number of amides is 4. The highest BCUT2D eigenvalue weighted by molar-refractivity contribution is 7.91. The number of nitrogens with zero attached hydrogens (tertiary/aromatic N) is 3. The van der Waals surface area contributed by atoms with Gasteiger partial charge in [-0.05, 0) is 107 Å². The number of rotatable bonds is 8. The zero-order valence-corrected chi connectivity index (χ0v) is 37.3. The van der Waals surface area contributed by atoms with E-state index in [0.717, 1.165) is 44.9 Å². The van der Waals surface area contributed by atoms with Crippen molar-refractivity contribution in [3.8, 4) is 11.6 Å². The lowest BCUT2D eigenvalue weighted by Crippen LogP contribution is -2.61. The van der Waals surface area contributed by atoms with Crippen LogP contribution in [0.25, 0.3) is 11.0 Å². The molecule has 3 N–H and O–H groups in total. The third-order valence-corrected chi connectivity index (χ3v) is 16.4. The molecule has 4 fully saturated rings. The van der Waals surface area contributed by atoms with E-state index in [4.69, 9.17) is 24.2 Å². The number of ether oxygens (including phenoxy) is 3. The van der Waals surface area contributed by atoms with E-state index in [2.05, 4.69) is 15.4 Å². The van der Waals surface area contributed by atoms with Crippen molar-refractivity contribution in [2.45, 2.75) is 166 Å². The summed E-state index contributed by atoms with van der Waals surface area (Å²) in [6.45, 7) is 12.9. The topological polar surface area (TPSA) is 195 Å². The molecule has 1 saturated heterocycles. The first kappa shape index (κ1) is 43.9. The van der Waals surface area contributed by atoms with Gasteiger partial charge in [0.25, 0.3) is 5.91 Å². The lowest BCUT2D eigenvalue weighted by atomic mass is 9.85. The number of aryl methyl sites for hydroxylation is 1. The van der Waals surface area contributed by atoms with Crippen LogP contribution in [0.4, 0.5) is 4.79 Å². The SMILES string of the molecule is CC[C@@H]1[C@@H]2CN(C(=O)[C@H](C(C)(C)C)NC(=O)O[C@]3(C)CCC[C@H]3CCCCCc3nc4ccc(OC)cc4nc3O2)[C@@H]1C(=O)N[C@]1(C(=O)NS(=O)(=O)C2(C)CC2)C[C@H]1CC. The molecule has 8 atom stereocenters. The van der Waals surface area contributed by atoms with Crippen LogP contribution in [-0.2, 0) is 35.6 Å². The Hall–Kier alpha value is -4.21. The van der Waals surface area contributed by atoms with E-state index < -0.39 is 79.2 Å². The first-order valence-corrected chi connectivity index (χ1v) is 23.5. The second-order valence-electron chi connectivity index (χ2n) is 19.5. The van der Waals surface area contributed by atoms with Gasteiger partial charge in [-0.3, -0.25) is 19.1 Å². The largest absolute Gasteiger partial charge is 0.497 e. The minimum absolute atomic E-state index is 0.0288. The number of methoxy groups -OCH3 is 1. The fourth-order valence-corrected chi connectivity index (χ4v) is 11.2. The van der Waals surface area contributed by atoms with E-state index in [0.29, 0.717) is 60.5 Å². The normalized spacial score (nSPS) is 32.0. The zero-order valence-electron chi connectivity index (χ0n) is 36.5. The summed E-state index contributed by atoms with van der Waals surface area (Å²) in [7, 11) is -2.41. The Labute approximate surface area is 354 Å². The molecule has 4 amide bonds. The quantitative estimate of drug-likeness (QED) is 0.294. The molecule has 1 aromatic heterocycles. The number of hydrogen-bond donors (Lipinski definition) is 3. The van der Waals surface area contributed by atoms with Gasteiger partial charge in [-0.2, -0.15) is 0 Å². The molecule has 5 aliphatic rings. The number of nitrogens with one attached hydrogen (secondary N) is 3. The lowest BCUT2D eigenvalue weighted by molar-refractivity contribution is -0.144. The minimum Gasteiger partial charge on any atom is -0.497 e. The van der Waals surface area contributed by atoms with Crippen molar-refractivity contribution >= 4 is 44.9 Å². The van der Waals surface area contributed by atoms with Crippen molar-refractivity contribution in [3.63, 3.8) is 0 Å². The molecule has 1 aromatic carbocycles. The standard InChI is InChI=1S/C44H64N6O9S/c1-9-26-24-44(26,39(53)49-60(55,56)42(6)21-22-42)48-36(51)34-29(10-2)33-25-50(34)38(52)35(41(3,4)5)47-40(54)59-43(7)20-14-16-27(43)15-12-11-13-17-31-37(58-33)46-32-23-28(57-8)18-19-30(32)45-31/h18-19,23,26-27,29,33-35H,9-17,20-22,24-25H2,1-8H3,(H,47,54)(H,48,51)(H,49,53)/t26-,27-,29-,33+,34+,35-,43-,44-/m1/s1. The molecular weight excluding hydrogens is 789 g/mol. The Morgan fingerprint density at radius 2 is 1.73 bits per heavy atom. The molecule has 3 heterocycles. The third-order valence-electron chi connectivity index (χ3n) is 14.2. The first-order valence-electron chi connectivity index (χ1n) is 22.0. The maximum atomic E-state index is 15.1. The number of hydrogen-bond acceptors (Lipinski definition) is 11. The van der Waals surface area contributed by atoms with Gasteiger partial charge in [0.1, 0.15) is 40.8 Å². The van der Waals surface area contributed by atoms with Crippen LogP contribution in [0.5, 0.6) is 11.6 Å². The molecule has 60 heavy (non-hydrogen) atoms. The van der Waals surface area contributed by atoms with Crippen molar-refractivity contribution in [2.24, 2.45) is 23.2 Å². The summed E-state index contributed by atoms with van der Waals surface area (Å²) in [6.07, 6.45) is 7.40. The van der Waals surface area contributed by atoms with Gasteiger partial charge in [0.05, 0.1) is 29.4 Å². The van der Waals surface area contributed by atoms with E-state index in [-0.39, 0.29) is 24.8 Å². The predicted molar refractivity (Wildman–Crippen MR) is 225 cm³/mol. The Kier molecular flexibility index (Phi) is 11.9. The molecule has 2 bridgehead atoms. The van der Waals surface area contributed by atoms with Gasteiger partial charge in [-0.25, -0.2) is 23.2 Å². The van der Waals surface area contributed by atoms with Crippen LogP contribution in [0.3, 0.4) is 0 Å². The van der Waals surface area contributed by atoms with Crippen molar-refractivity contribution < 1.29 is 41.8 Å². The summed E-state index contributed by atoms with van der Waals surface area (Å²) in [6, 6.07) is 3.25. The van der Waals surface area contributed by atoms with Crippen LogP contribution in [-0.4, -0.2) is 94.8 Å². The summed E-state index contributed by atoms with van der Waals surface area (Å²) in [5.41, 5.74) is -1.05. The maximum Gasteiger partial charge on any atom is 0.408 e. The van der Waals surface area contributed by atoms with Crippen LogP contribution >= 0.6 is 0 Å². The van der Waals surface area contributed by atoms with Gasteiger partial charge in [-0.1, -0.05) is 53.9 Å². The highest BCUT2D eigenvalue weighted by Crippen LogP contribution is 2.49. The molecule has 0 radical (unpaired) electrons. The molecule has 2 aliphatic heterocycles. The van der Waals surface area contributed by atoms with Gasteiger partial charge in [0, 0.05) is 12.0 Å². The lowest BCUT2D eigenvalue weighted by Gasteiger charge is -2.37. The number of aromatic nitrogens is 2. The number of carbonyl (C=O) groups is 4. The average molecular weight is 853 g/mol. The van der Waals surface area contributed by atoms with Crippen LogP contribution in [0.1, 0.15) is 131 Å². The summed E-state index contributed by atoms with van der Waals surface area (Å²) >= 11 is 0. The summed E-state index contributed by atoms with van der Waals surface area (Å²) in [5, 5.41) is 5.90. The van der Waals surface area contributed by atoms with E-state index in [1.807, 2.05) is 53.7 Å². The van der Waals surface area contributed by atoms with Gasteiger partial charge in [-0.15, -0.1) is 0 Å². The second kappa shape index (κ2) is 16.2. The van der Waals surface area contributed by atoms with E-state index in [1.54, 1.807) is 20.1 Å². The summed E-state index contributed by atoms with van der Waals surface area (Å²) in [4.78, 5) is 69.3. The van der Waals surface area contributed by atoms with Crippen molar-refractivity contribution in [1.29, 1.82) is 0 Å². The monoisotopic (exact) mass is 852 g/mol. The fourth-order valence-electron chi connectivity index (χ4n) is 9.84. The molecule has 0 unspecified atom stereocenters. The maximum absolute atomic E-state index is 15.1. The minimum atomic E-state index is -3.99. The highest BCUT2D eigenvalue weighted by Gasteiger charge is 2.64. The average Bonchev–Trinajstić information content (AvgIpc) is 4.04. The second-order valence-corrected chi connectivity index (χ2v) is 21.7. The predicted octanol–water partition coefficient (Wildman–Crippen LogP) is 5.72. The van der Waals surface area contributed by atoms with Crippen LogP contribution in [0.2, 0.25) is 0 Å². The van der Waals surface area contributed by atoms with Crippen molar-refractivity contribution in [3.05, 3.63) is 23.9 Å². The molecule has 3 saturated carbocycles. The highest BCUT2D eigenvalue weighted by atomic mass is 32.2. The van der Waals surface area contributed by atoms with E-state index >= 15 is 4.79 Å². The molecule has 2 aromatic rings. The van der Waals surface area contributed by atoms with Crippen LogP contribution < -0.4 is 24.8 Å². The Bertz CT molecular complexity index is 2120. The Morgan fingerprint density at radius 1 is 1.00 bits per heavy atom. The molecule has 16 heteroatoms. The molecule has 7 rings (SSSR count). The van der Waals surface area contributed by atoms with Gasteiger partial charge >= 0.3 is 6.09 Å². The molecule has 15 nitrogen and oxygen atoms in total. The Balaban J connectivity index is 1.28. The number of carbonyl (C=O) groups excluding carboxylic acids is 4. The Morgan fingerprint density at radius 3 is 2.38 bits per heavy atom. The summed E-state index contributed by atoms with van der Waals surface area (Å²) < 4.78 is 46.3. The van der Waals surface area contributed by atoms with E-state index in [1.165, 1.54) is 4.90 Å². The summed E-state index contributed by atoms with van der Waals surface area (Å²) in [5.74, 6) is -1.68. The zero-order chi connectivity index (χ0) is 43.4. The van der Waals surface area contributed by atoms with Crippen molar-refractivity contribution in [2.75, 3.05) is 13.7 Å². The van der Waals surface area contributed by atoms with Crippen molar-refractivity contribution in [1.82, 2.24) is 30.2 Å². The van der Waals surface area contributed by atoms with Gasteiger partial charge < -0.3 is 29.7 Å². The van der Waals surface area contributed by atoms with Gasteiger partial charge in [0.2, 0.25) is 27.7 Å². The molecular formula is C44H64N6O9S. The smallest absolute Gasteiger partial charge is 0.408 e. The fraction of sp³-hybridized carbons (Fsp3) is 0.727. The van der Waals surface area contributed by atoms with Crippen LogP contribution in [0.15, 0.2) is 18.2 Å². The number of sulfonamides is 1.